The van der Waals surface area contributed by atoms with Crippen LogP contribution in [-0.2, 0) is 4.74 Å². The average molecular weight is 319 g/mol. The molecule has 1 aliphatic rings. The third-order valence-corrected chi connectivity index (χ3v) is 3.85. The van der Waals surface area contributed by atoms with Crippen LogP contribution in [0.25, 0.3) is 0 Å². The number of aromatic nitrogens is 2. The fraction of sp³-hybridized carbons (Fsp3) is 0.562. The van der Waals surface area contributed by atoms with Gasteiger partial charge in [-0.15, -0.1) is 10.2 Å². The van der Waals surface area contributed by atoms with Crippen LogP contribution in [0.3, 0.4) is 0 Å². The molecular formula is C16H21N3O4. The van der Waals surface area contributed by atoms with Crippen molar-refractivity contribution in [1.82, 2.24) is 15.1 Å². The first-order valence-corrected chi connectivity index (χ1v) is 7.77. The summed E-state index contributed by atoms with van der Waals surface area (Å²) < 4.78 is 16.8. The van der Waals surface area contributed by atoms with E-state index in [1.54, 1.807) is 17.9 Å². The van der Waals surface area contributed by atoms with Crippen LogP contribution in [0.5, 0.6) is 0 Å². The monoisotopic (exact) mass is 319 g/mol. The van der Waals surface area contributed by atoms with E-state index >= 15 is 0 Å². The van der Waals surface area contributed by atoms with Gasteiger partial charge in [-0.25, -0.2) is 0 Å². The Kier molecular flexibility index (Phi) is 4.21. The van der Waals surface area contributed by atoms with Crippen LogP contribution in [0.2, 0.25) is 0 Å². The molecule has 3 rings (SSSR count). The van der Waals surface area contributed by atoms with Crippen molar-refractivity contribution in [2.45, 2.75) is 39.7 Å². The molecule has 7 nitrogen and oxygen atoms in total. The smallest absolute Gasteiger partial charge is 0.257 e. The van der Waals surface area contributed by atoms with Gasteiger partial charge in [0.15, 0.2) is 6.10 Å². The van der Waals surface area contributed by atoms with E-state index in [0.717, 1.165) is 5.76 Å². The molecule has 0 aliphatic carbocycles. The third kappa shape index (κ3) is 3.14. The molecule has 0 radical (unpaired) electrons. The lowest BCUT2D eigenvalue weighted by Crippen LogP contribution is -2.42. The molecule has 124 valence electrons. The SMILES string of the molecule is Cc1cc(C(=O)N2CCO[C@@H](c3nnc(C(C)C)o3)C2)c(C)o1. The molecule has 0 unspecified atom stereocenters. The van der Waals surface area contributed by atoms with E-state index in [-0.39, 0.29) is 17.9 Å². The standard InChI is InChI=1S/C16H21N3O4/c1-9(2)14-17-18-15(23-14)13-8-19(5-6-21-13)16(20)12-7-10(3)22-11(12)4/h7,9,13H,5-6,8H2,1-4H3/t13-/m1/s1. The number of furan rings is 1. The van der Waals surface area contributed by atoms with Crippen molar-refractivity contribution in [2.75, 3.05) is 19.7 Å². The molecule has 1 amide bonds. The van der Waals surface area contributed by atoms with Crippen molar-refractivity contribution in [2.24, 2.45) is 0 Å². The van der Waals surface area contributed by atoms with Gasteiger partial charge in [0.2, 0.25) is 11.8 Å². The summed E-state index contributed by atoms with van der Waals surface area (Å²) in [5.74, 6) is 2.47. The van der Waals surface area contributed by atoms with Gasteiger partial charge in [-0.1, -0.05) is 13.8 Å². The largest absolute Gasteiger partial charge is 0.466 e. The number of carbonyl (C=O) groups is 1. The Morgan fingerprint density at radius 2 is 2.09 bits per heavy atom. The lowest BCUT2D eigenvalue weighted by Gasteiger charge is -2.31. The molecule has 0 bridgehead atoms. The Morgan fingerprint density at radius 1 is 1.30 bits per heavy atom. The van der Waals surface area contributed by atoms with Crippen molar-refractivity contribution in [3.63, 3.8) is 0 Å². The molecule has 0 spiro atoms. The minimum atomic E-state index is -0.388. The summed E-state index contributed by atoms with van der Waals surface area (Å²) in [7, 11) is 0. The van der Waals surface area contributed by atoms with Crippen molar-refractivity contribution >= 4 is 5.91 Å². The summed E-state index contributed by atoms with van der Waals surface area (Å²) in [5, 5.41) is 8.07. The number of ether oxygens (including phenoxy) is 1. The Morgan fingerprint density at radius 3 is 2.70 bits per heavy atom. The Labute approximate surface area is 134 Å². The summed E-state index contributed by atoms with van der Waals surface area (Å²) in [6.07, 6.45) is -0.388. The van der Waals surface area contributed by atoms with Crippen molar-refractivity contribution in [1.29, 1.82) is 0 Å². The fourth-order valence-electron chi connectivity index (χ4n) is 2.61. The molecule has 3 heterocycles. The number of aryl methyl sites for hydroxylation is 2. The van der Waals surface area contributed by atoms with E-state index in [9.17, 15) is 4.79 Å². The van der Waals surface area contributed by atoms with Gasteiger partial charge in [0.1, 0.15) is 11.5 Å². The highest BCUT2D eigenvalue weighted by atomic mass is 16.5. The zero-order valence-electron chi connectivity index (χ0n) is 13.8. The van der Waals surface area contributed by atoms with Gasteiger partial charge in [0.05, 0.1) is 18.7 Å². The zero-order valence-corrected chi connectivity index (χ0v) is 13.8. The van der Waals surface area contributed by atoms with E-state index in [4.69, 9.17) is 13.6 Å². The number of amides is 1. The summed E-state index contributed by atoms with van der Waals surface area (Å²) in [5.41, 5.74) is 0.594. The van der Waals surface area contributed by atoms with Gasteiger partial charge in [0.25, 0.3) is 5.91 Å². The number of nitrogens with zero attached hydrogens (tertiary/aromatic N) is 3. The van der Waals surface area contributed by atoms with Gasteiger partial charge in [-0.3, -0.25) is 4.79 Å². The van der Waals surface area contributed by atoms with Crippen LogP contribution in [0, 0.1) is 13.8 Å². The van der Waals surface area contributed by atoms with Gasteiger partial charge < -0.3 is 18.5 Å². The maximum absolute atomic E-state index is 12.7. The Bertz CT molecular complexity index is 704. The molecule has 1 aliphatic heterocycles. The van der Waals surface area contributed by atoms with Crippen LogP contribution < -0.4 is 0 Å². The second-order valence-corrected chi connectivity index (χ2v) is 6.07. The van der Waals surface area contributed by atoms with Crippen molar-refractivity contribution in [3.05, 3.63) is 34.9 Å². The van der Waals surface area contributed by atoms with Crippen LogP contribution in [0.1, 0.15) is 59.5 Å². The van der Waals surface area contributed by atoms with Gasteiger partial charge in [-0.2, -0.15) is 0 Å². The lowest BCUT2D eigenvalue weighted by molar-refractivity contribution is -0.0351. The summed E-state index contributed by atoms with van der Waals surface area (Å²) in [6, 6.07) is 1.77. The topological polar surface area (TPSA) is 81.6 Å². The highest BCUT2D eigenvalue weighted by Crippen LogP contribution is 2.25. The normalized spacial score (nSPS) is 18.7. The van der Waals surface area contributed by atoms with E-state index < -0.39 is 0 Å². The minimum absolute atomic E-state index is 0.0590. The third-order valence-electron chi connectivity index (χ3n) is 3.85. The molecule has 1 saturated heterocycles. The highest BCUT2D eigenvalue weighted by Gasteiger charge is 2.31. The molecule has 0 saturated carbocycles. The predicted octanol–water partition coefficient (Wildman–Crippen LogP) is 2.62. The van der Waals surface area contributed by atoms with Crippen LogP contribution in [0.15, 0.2) is 14.9 Å². The Hall–Kier alpha value is -2.15. The summed E-state index contributed by atoms with van der Waals surface area (Å²) >= 11 is 0. The first kappa shape index (κ1) is 15.7. The summed E-state index contributed by atoms with van der Waals surface area (Å²) in [4.78, 5) is 14.4. The molecule has 0 N–H and O–H groups in total. The van der Waals surface area contributed by atoms with E-state index in [1.165, 1.54) is 0 Å². The molecule has 2 aromatic heterocycles. The minimum Gasteiger partial charge on any atom is -0.466 e. The zero-order chi connectivity index (χ0) is 16.6. The molecule has 0 aromatic carbocycles. The average Bonchev–Trinajstić information content (AvgIpc) is 3.13. The summed E-state index contributed by atoms with van der Waals surface area (Å²) in [6.45, 7) is 8.96. The molecule has 2 aromatic rings. The van der Waals surface area contributed by atoms with Gasteiger partial charge in [-0.05, 0) is 19.9 Å². The van der Waals surface area contributed by atoms with Crippen LogP contribution in [0.4, 0.5) is 0 Å². The van der Waals surface area contributed by atoms with E-state index in [0.29, 0.717) is 42.8 Å². The maximum atomic E-state index is 12.7. The van der Waals surface area contributed by atoms with Crippen LogP contribution in [-0.4, -0.2) is 40.7 Å². The Balaban J connectivity index is 1.75. The molecule has 1 atom stereocenters. The first-order valence-electron chi connectivity index (χ1n) is 7.77. The molecule has 23 heavy (non-hydrogen) atoms. The molecule has 1 fully saturated rings. The second kappa shape index (κ2) is 6.16. The molecular weight excluding hydrogens is 298 g/mol. The lowest BCUT2D eigenvalue weighted by atomic mass is 10.2. The molecule has 7 heteroatoms. The second-order valence-electron chi connectivity index (χ2n) is 6.07. The highest BCUT2D eigenvalue weighted by molar-refractivity contribution is 5.95. The number of carbonyl (C=O) groups excluding carboxylic acids is 1. The van der Waals surface area contributed by atoms with E-state index in [2.05, 4.69) is 10.2 Å². The van der Waals surface area contributed by atoms with Gasteiger partial charge in [0, 0.05) is 12.5 Å². The number of morpholine rings is 1. The van der Waals surface area contributed by atoms with Gasteiger partial charge >= 0.3 is 0 Å². The fourth-order valence-corrected chi connectivity index (χ4v) is 2.61. The van der Waals surface area contributed by atoms with E-state index in [1.807, 2.05) is 20.8 Å². The number of hydrogen-bond donors (Lipinski definition) is 0. The predicted molar refractivity (Wildman–Crippen MR) is 81.2 cm³/mol. The quantitative estimate of drug-likeness (QED) is 0.865. The first-order chi connectivity index (χ1) is 11.0. The van der Waals surface area contributed by atoms with Crippen molar-refractivity contribution < 1.29 is 18.4 Å². The maximum Gasteiger partial charge on any atom is 0.257 e. The van der Waals surface area contributed by atoms with Crippen molar-refractivity contribution in [3.8, 4) is 0 Å². The van der Waals surface area contributed by atoms with Crippen LogP contribution >= 0.6 is 0 Å². The number of hydrogen-bond acceptors (Lipinski definition) is 6. The number of rotatable bonds is 3.